The first-order chi connectivity index (χ1) is 17.7. The Balaban J connectivity index is 1.59. The van der Waals surface area contributed by atoms with E-state index < -0.39 is 10.0 Å². The summed E-state index contributed by atoms with van der Waals surface area (Å²) >= 11 is 6.25. The molecule has 11 heteroatoms. The topological polar surface area (TPSA) is 112 Å². The van der Waals surface area contributed by atoms with E-state index >= 15 is 0 Å². The summed E-state index contributed by atoms with van der Waals surface area (Å²) in [6, 6.07) is 15.6. The molecule has 0 unspecified atom stereocenters. The zero-order valence-electron chi connectivity index (χ0n) is 20.9. The normalized spacial score (nSPS) is 11.8. The molecule has 0 aliphatic rings. The van der Waals surface area contributed by atoms with Crippen molar-refractivity contribution in [1.82, 2.24) is 5.32 Å². The third-order valence-corrected chi connectivity index (χ3v) is 6.95. The number of nitrogens with one attached hydrogen (secondary N) is 2. The van der Waals surface area contributed by atoms with Crippen LogP contribution in [0.2, 0.25) is 5.02 Å². The summed E-state index contributed by atoms with van der Waals surface area (Å²) in [5.41, 5.74) is 1.19. The molecule has 0 fully saturated rings. The van der Waals surface area contributed by atoms with Gasteiger partial charge in [0.2, 0.25) is 0 Å². The maximum absolute atomic E-state index is 12.8. The zero-order valence-corrected chi connectivity index (χ0v) is 22.5. The van der Waals surface area contributed by atoms with E-state index in [1.165, 1.54) is 25.3 Å². The van der Waals surface area contributed by atoms with Crippen LogP contribution in [0.3, 0.4) is 0 Å². The number of hydrogen-bond donors (Lipinski definition) is 2. The van der Waals surface area contributed by atoms with Crippen LogP contribution in [0.15, 0.2) is 65.6 Å². The van der Waals surface area contributed by atoms with Gasteiger partial charge < -0.3 is 24.3 Å². The monoisotopic (exact) mass is 548 g/mol. The minimum absolute atomic E-state index is 0.0507. The molecule has 9 nitrogen and oxygen atoms in total. The van der Waals surface area contributed by atoms with Crippen LogP contribution in [-0.4, -0.2) is 41.8 Å². The molecule has 0 saturated carbocycles. The standard InChI is InChI=1S/C26H29ClN2O7S/c1-5-35-20-9-7-19(8-10-20)29-37(31,32)21-11-13-23(22(27)15-21)36-16-26(30)28-17(2)18-6-12-24(33-3)25(14-18)34-4/h6-15,17,29H,5,16H2,1-4H3,(H,28,30)/t17-/m0/s1. The summed E-state index contributed by atoms with van der Waals surface area (Å²) in [6.45, 7) is 3.88. The van der Waals surface area contributed by atoms with Crippen LogP contribution in [0.4, 0.5) is 5.69 Å². The quantitative estimate of drug-likeness (QED) is 0.334. The first-order valence-electron chi connectivity index (χ1n) is 11.4. The van der Waals surface area contributed by atoms with Crippen LogP contribution in [0.1, 0.15) is 25.5 Å². The minimum atomic E-state index is -3.90. The molecule has 1 atom stereocenters. The van der Waals surface area contributed by atoms with Gasteiger partial charge in [-0.2, -0.15) is 0 Å². The fourth-order valence-corrected chi connectivity index (χ4v) is 4.78. The maximum Gasteiger partial charge on any atom is 0.261 e. The van der Waals surface area contributed by atoms with E-state index in [0.717, 1.165) is 5.56 Å². The number of amides is 1. The van der Waals surface area contributed by atoms with Gasteiger partial charge in [-0.1, -0.05) is 17.7 Å². The Morgan fingerprint density at radius 2 is 1.59 bits per heavy atom. The van der Waals surface area contributed by atoms with E-state index in [1.807, 2.05) is 19.9 Å². The Hall–Kier alpha value is -3.63. The third-order valence-electron chi connectivity index (χ3n) is 5.28. The number of hydrogen-bond acceptors (Lipinski definition) is 7. The second kappa shape index (κ2) is 12.6. The van der Waals surface area contributed by atoms with Crippen molar-refractivity contribution >= 4 is 33.2 Å². The van der Waals surface area contributed by atoms with E-state index in [4.69, 9.17) is 30.5 Å². The number of carbonyl (C=O) groups is 1. The number of rotatable bonds is 12. The van der Waals surface area contributed by atoms with Crippen molar-refractivity contribution in [2.45, 2.75) is 24.8 Å². The van der Waals surface area contributed by atoms with Crippen molar-refractivity contribution in [3.8, 4) is 23.0 Å². The molecule has 0 aliphatic carbocycles. The molecule has 3 aromatic rings. The fraction of sp³-hybridized carbons (Fsp3) is 0.269. The highest BCUT2D eigenvalue weighted by atomic mass is 35.5. The summed E-state index contributed by atoms with van der Waals surface area (Å²) in [4.78, 5) is 12.4. The number of halogens is 1. The van der Waals surface area contributed by atoms with E-state index in [2.05, 4.69) is 10.0 Å². The molecule has 0 saturated heterocycles. The predicted octanol–water partition coefficient (Wildman–Crippen LogP) is 4.81. The molecule has 3 aromatic carbocycles. The van der Waals surface area contributed by atoms with Gasteiger partial charge in [-0.25, -0.2) is 8.42 Å². The number of carbonyl (C=O) groups excluding carboxylic acids is 1. The molecule has 0 heterocycles. The van der Waals surface area contributed by atoms with Crippen LogP contribution in [0, 0.1) is 0 Å². The van der Waals surface area contributed by atoms with Gasteiger partial charge in [0.1, 0.15) is 11.5 Å². The molecule has 1 amide bonds. The molecule has 0 radical (unpaired) electrons. The Kier molecular flexibility index (Phi) is 9.48. The van der Waals surface area contributed by atoms with Gasteiger partial charge in [0.25, 0.3) is 15.9 Å². The van der Waals surface area contributed by atoms with Crippen LogP contribution in [0.5, 0.6) is 23.0 Å². The van der Waals surface area contributed by atoms with E-state index in [-0.39, 0.29) is 34.2 Å². The second-order valence-corrected chi connectivity index (χ2v) is 9.94. The number of sulfonamides is 1. The summed E-state index contributed by atoms with van der Waals surface area (Å²) in [5.74, 6) is 1.57. The molecule has 37 heavy (non-hydrogen) atoms. The van der Waals surface area contributed by atoms with Gasteiger partial charge in [-0.3, -0.25) is 9.52 Å². The van der Waals surface area contributed by atoms with Gasteiger partial charge in [0.05, 0.1) is 36.8 Å². The molecule has 0 bridgehead atoms. The lowest BCUT2D eigenvalue weighted by atomic mass is 10.1. The number of methoxy groups -OCH3 is 2. The van der Waals surface area contributed by atoms with Gasteiger partial charge >= 0.3 is 0 Å². The van der Waals surface area contributed by atoms with E-state index in [9.17, 15) is 13.2 Å². The highest BCUT2D eigenvalue weighted by molar-refractivity contribution is 7.92. The second-order valence-electron chi connectivity index (χ2n) is 7.85. The van der Waals surface area contributed by atoms with Crippen molar-refractivity contribution in [3.63, 3.8) is 0 Å². The summed E-state index contributed by atoms with van der Waals surface area (Å²) in [7, 11) is -0.812. The first-order valence-corrected chi connectivity index (χ1v) is 13.2. The first kappa shape index (κ1) is 27.9. The molecular weight excluding hydrogens is 520 g/mol. The van der Waals surface area contributed by atoms with Crippen molar-refractivity contribution in [1.29, 1.82) is 0 Å². The van der Waals surface area contributed by atoms with Crippen molar-refractivity contribution < 1.29 is 32.2 Å². The average molecular weight is 549 g/mol. The number of ether oxygens (including phenoxy) is 4. The van der Waals surface area contributed by atoms with Crippen molar-refractivity contribution in [3.05, 3.63) is 71.2 Å². The van der Waals surface area contributed by atoms with Gasteiger partial charge in [0.15, 0.2) is 18.1 Å². The largest absolute Gasteiger partial charge is 0.494 e. The lowest BCUT2D eigenvalue weighted by molar-refractivity contribution is -0.123. The molecule has 0 aromatic heterocycles. The maximum atomic E-state index is 12.8. The SMILES string of the molecule is CCOc1ccc(NS(=O)(=O)c2ccc(OCC(=O)N[C@@H](C)c3ccc(OC)c(OC)c3)c(Cl)c2)cc1. The molecule has 2 N–H and O–H groups in total. The van der Waals surface area contributed by atoms with E-state index in [1.54, 1.807) is 43.5 Å². The highest BCUT2D eigenvalue weighted by Gasteiger charge is 2.18. The summed E-state index contributed by atoms with van der Waals surface area (Å²) in [5, 5.41) is 2.88. The van der Waals surface area contributed by atoms with Gasteiger partial charge in [-0.15, -0.1) is 0 Å². The van der Waals surface area contributed by atoms with E-state index in [0.29, 0.717) is 29.5 Å². The Labute approximate surface area is 221 Å². The van der Waals surface area contributed by atoms with Crippen LogP contribution in [0.25, 0.3) is 0 Å². The highest BCUT2D eigenvalue weighted by Crippen LogP contribution is 2.31. The third kappa shape index (κ3) is 7.43. The molecule has 0 spiro atoms. The van der Waals surface area contributed by atoms with Crippen LogP contribution in [-0.2, 0) is 14.8 Å². The number of benzene rings is 3. The Morgan fingerprint density at radius 1 is 0.919 bits per heavy atom. The van der Waals surface area contributed by atoms with Crippen LogP contribution < -0.4 is 29.0 Å². The Morgan fingerprint density at radius 3 is 2.22 bits per heavy atom. The molecule has 3 rings (SSSR count). The lowest BCUT2D eigenvalue weighted by Crippen LogP contribution is -2.31. The fourth-order valence-electron chi connectivity index (χ4n) is 3.40. The molecule has 0 aliphatic heterocycles. The summed E-state index contributed by atoms with van der Waals surface area (Å²) < 4.78 is 49.4. The van der Waals surface area contributed by atoms with Crippen LogP contribution >= 0.6 is 11.6 Å². The average Bonchev–Trinajstić information content (AvgIpc) is 2.88. The zero-order chi connectivity index (χ0) is 27.0. The Bertz CT molecular complexity index is 1330. The van der Waals surface area contributed by atoms with Gasteiger partial charge in [0, 0.05) is 5.69 Å². The summed E-state index contributed by atoms with van der Waals surface area (Å²) in [6.07, 6.45) is 0. The molecular formula is C26H29ClN2O7S. The number of anilines is 1. The minimum Gasteiger partial charge on any atom is -0.494 e. The predicted molar refractivity (Wildman–Crippen MR) is 141 cm³/mol. The lowest BCUT2D eigenvalue weighted by Gasteiger charge is -2.17. The van der Waals surface area contributed by atoms with Crippen molar-refractivity contribution in [2.75, 3.05) is 32.2 Å². The molecule has 198 valence electrons. The van der Waals surface area contributed by atoms with Gasteiger partial charge in [-0.05, 0) is 74.0 Å². The van der Waals surface area contributed by atoms with Crippen molar-refractivity contribution in [2.24, 2.45) is 0 Å². The smallest absolute Gasteiger partial charge is 0.261 e.